The van der Waals surface area contributed by atoms with Crippen LogP contribution in [0.2, 0.25) is 0 Å². The molecule has 106 valence electrons. The number of fused-ring (bicyclic) bond motifs is 1. The van der Waals surface area contributed by atoms with Crippen LogP contribution in [-0.2, 0) is 11.2 Å². The predicted octanol–water partition coefficient (Wildman–Crippen LogP) is 3.12. The van der Waals surface area contributed by atoms with Crippen LogP contribution in [0, 0.1) is 5.92 Å². The normalized spacial score (nSPS) is 18.9. The molecule has 20 heavy (non-hydrogen) atoms. The van der Waals surface area contributed by atoms with Gasteiger partial charge in [0.15, 0.2) is 0 Å². The molecule has 1 unspecified atom stereocenters. The maximum absolute atomic E-state index is 5.43. The molecule has 0 fully saturated rings. The molecule has 1 aromatic carbocycles. The molecule has 0 aliphatic carbocycles. The molecule has 1 aliphatic heterocycles. The first-order valence-electron chi connectivity index (χ1n) is 6.89. The number of ether oxygens (including phenoxy) is 1. The van der Waals surface area contributed by atoms with Crippen molar-refractivity contribution in [3.8, 4) is 0 Å². The monoisotopic (exact) mass is 273 g/mol. The van der Waals surface area contributed by atoms with Gasteiger partial charge in [-0.15, -0.1) is 0 Å². The van der Waals surface area contributed by atoms with Gasteiger partial charge in [-0.25, -0.2) is 0 Å². The second kappa shape index (κ2) is 5.25. The Bertz CT molecular complexity index is 569. The highest BCUT2D eigenvalue weighted by atomic mass is 16.5. The molecule has 1 aliphatic rings. The number of benzene rings is 1. The van der Waals surface area contributed by atoms with E-state index in [0.717, 1.165) is 12.1 Å². The molecule has 0 bridgehead atoms. The minimum absolute atomic E-state index is 0.0540. The van der Waals surface area contributed by atoms with Crippen molar-refractivity contribution < 1.29 is 9.26 Å². The van der Waals surface area contributed by atoms with Gasteiger partial charge in [-0.1, -0.05) is 37.2 Å². The lowest BCUT2D eigenvalue weighted by Gasteiger charge is -2.14. The van der Waals surface area contributed by atoms with Crippen LogP contribution in [0.3, 0.4) is 0 Å². The molecular weight excluding hydrogens is 254 g/mol. The van der Waals surface area contributed by atoms with Gasteiger partial charge in [-0.2, -0.15) is 4.98 Å². The van der Waals surface area contributed by atoms with Crippen molar-refractivity contribution in [1.82, 2.24) is 10.1 Å². The fourth-order valence-corrected chi connectivity index (χ4v) is 2.63. The van der Waals surface area contributed by atoms with Crippen molar-refractivity contribution in [3.63, 3.8) is 0 Å². The summed E-state index contributed by atoms with van der Waals surface area (Å²) in [5.41, 5.74) is 2.42. The van der Waals surface area contributed by atoms with Gasteiger partial charge < -0.3 is 14.6 Å². The van der Waals surface area contributed by atoms with Crippen molar-refractivity contribution in [2.45, 2.75) is 32.4 Å². The van der Waals surface area contributed by atoms with Crippen LogP contribution >= 0.6 is 0 Å². The van der Waals surface area contributed by atoms with E-state index in [-0.39, 0.29) is 12.1 Å². The third kappa shape index (κ3) is 2.29. The minimum Gasteiger partial charge on any atom is -0.373 e. The maximum Gasteiger partial charge on any atom is 0.249 e. The lowest BCUT2D eigenvalue weighted by atomic mass is 10.1. The van der Waals surface area contributed by atoms with Crippen LogP contribution in [0.4, 0.5) is 5.69 Å². The summed E-state index contributed by atoms with van der Waals surface area (Å²) >= 11 is 0. The van der Waals surface area contributed by atoms with E-state index in [1.54, 1.807) is 7.11 Å². The Labute approximate surface area is 118 Å². The Morgan fingerprint density at radius 3 is 2.85 bits per heavy atom. The van der Waals surface area contributed by atoms with E-state index >= 15 is 0 Å². The Balaban J connectivity index is 1.79. The topological polar surface area (TPSA) is 60.2 Å². The molecule has 0 spiro atoms. The number of hydrogen-bond donors (Lipinski definition) is 1. The fourth-order valence-electron chi connectivity index (χ4n) is 2.63. The maximum atomic E-state index is 5.43. The van der Waals surface area contributed by atoms with E-state index < -0.39 is 0 Å². The molecule has 0 saturated heterocycles. The molecule has 0 amide bonds. The molecule has 0 saturated carbocycles. The van der Waals surface area contributed by atoms with Crippen molar-refractivity contribution in [1.29, 1.82) is 0 Å². The van der Waals surface area contributed by atoms with Gasteiger partial charge in [0.05, 0.1) is 0 Å². The lowest BCUT2D eigenvalue weighted by molar-refractivity contribution is 0.0555. The average Bonchev–Trinajstić information content (AvgIpc) is 3.04. The number of para-hydroxylation sites is 1. The largest absolute Gasteiger partial charge is 0.373 e. The molecular formula is C15H19N3O2. The quantitative estimate of drug-likeness (QED) is 0.927. The van der Waals surface area contributed by atoms with Gasteiger partial charge in [0.2, 0.25) is 11.7 Å². The summed E-state index contributed by atoms with van der Waals surface area (Å²) in [5, 5.41) is 7.48. The number of aromatic nitrogens is 2. The van der Waals surface area contributed by atoms with E-state index in [1.165, 1.54) is 5.56 Å². The molecule has 2 atom stereocenters. The number of methoxy groups -OCH3 is 1. The standard InChI is InChI=1S/C15H19N3O2/c1-9(2)13(19-3)14-17-15(20-18-14)12-8-10-6-4-5-7-11(10)16-12/h4-7,9,12-13,16H,8H2,1-3H3/t12-,13?/m0/s1. The molecule has 2 heterocycles. The average molecular weight is 273 g/mol. The number of nitrogens with zero attached hydrogens (tertiary/aromatic N) is 2. The molecule has 3 rings (SSSR count). The van der Waals surface area contributed by atoms with Crippen molar-refractivity contribution in [2.24, 2.45) is 5.92 Å². The zero-order valence-electron chi connectivity index (χ0n) is 12.0. The highest BCUT2D eigenvalue weighted by Crippen LogP contribution is 2.34. The van der Waals surface area contributed by atoms with E-state index in [2.05, 4.69) is 41.4 Å². The summed E-state index contributed by atoms with van der Waals surface area (Å²) in [6.45, 7) is 4.15. The second-order valence-electron chi connectivity index (χ2n) is 5.45. The minimum atomic E-state index is -0.128. The first kappa shape index (κ1) is 13.1. The van der Waals surface area contributed by atoms with Crippen LogP contribution in [0.15, 0.2) is 28.8 Å². The van der Waals surface area contributed by atoms with Crippen molar-refractivity contribution in [2.75, 3.05) is 12.4 Å². The predicted molar refractivity (Wildman–Crippen MR) is 75.4 cm³/mol. The summed E-state index contributed by atoms with van der Waals surface area (Å²) in [5.74, 6) is 1.55. The number of rotatable bonds is 4. The number of hydrogen-bond acceptors (Lipinski definition) is 5. The lowest BCUT2D eigenvalue weighted by Crippen LogP contribution is -2.11. The van der Waals surface area contributed by atoms with Crippen molar-refractivity contribution in [3.05, 3.63) is 41.5 Å². The van der Waals surface area contributed by atoms with Gasteiger partial charge in [0.25, 0.3) is 0 Å². The third-order valence-electron chi connectivity index (χ3n) is 3.64. The molecule has 5 nitrogen and oxygen atoms in total. The Morgan fingerprint density at radius 2 is 2.15 bits per heavy atom. The van der Waals surface area contributed by atoms with E-state index in [9.17, 15) is 0 Å². The highest BCUT2D eigenvalue weighted by Gasteiger charge is 2.28. The SMILES string of the molecule is COC(c1noc([C@@H]2Cc3ccccc3N2)n1)C(C)C. The molecule has 0 radical (unpaired) electrons. The second-order valence-corrected chi connectivity index (χ2v) is 5.45. The first-order chi connectivity index (χ1) is 9.69. The molecule has 2 aromatic rings. The van der Waals surface area contributed by atoms with Crippen LogP contribution in [-0.4, -0.2) is 17.3 Å². The van der Waals surface area contributed by atoms with E-state index in [0.29, 0.717) is 17.6 Å². The van der Waals surface area contributed by atoms with Crippen molar-refractivity contribution >= 4 is 5.69 Å². The summed E-state index contributed by atoms with van der Waals surface area (Å²) in [6, 6.07) is 8.30. The smallest absolute Gasteiger partial charge is 0.249 e. The van der Waals surface area contributed by atoms with Gasteiger partial charge in [-0.3, -0.25) is 0 Å². The molecule has 1 aromatic heterocycles. The summed E-state index contributed by atoms with van der Waals surface area (Å²) in [6.07, 6.45) is 0.744. The summed E-state index contributed by atoms with van der Waals surface area (Å²) in [7, 11) is 1.67. The number of nitrogens with one attached hydrogen (secondary N) is 1. The zero-order chi connectivity index (χ0) is 14.1. The molecule has 1 N–H and O–H groups in total. The summed E-state index contributed by atoms with van der Waals surface area (Å²) < 4.78 is 10.8. The van der Waals surface area contributed by atoms with Crippen LogP contribution in [0.5, 0.6) is 0 Å². The van der Waals surface area contributed by atoms with E-state index in [4.69, 9.17) is 9.26 Å². The highest BCUT2D eigenvalue weighted by molar-refractivity contribution is 5.56. The van der Waals surface area contributed by atoms with E-state index in [1.807, 2.05) is 12.1 Å². The zero-order valence-corrected chi connectivity index (χ0v) is 12.0. The van der Waals surface area contributed by atoms with Crippen LogP contribution in [0.1, 0.15) is 43.3 Å². The Hall–Kier alpha value is -1.88. The fraction of sp³-hybridized carbons (Fsp3) is 0.467. The van der Waals surface area contributed by atoms with Gasteiger partial charge in [0, 0.05) is 19.2 Å². The number of anilines is 1. The first-order valence-corrected chi connectivity index (χ1v) is 6.89. The molecule has 5 heteroatoms. The van der Waals surface area contributed by atoms with Crippen LogP contribution < -0.4 is 5.32 Å². The van der Waals surface area contributed by atoms with Crippen LogP contribution in [0.25, 0.3) is 0 Å². The Morgan fingerprint density at radius 1 is 1.35 bits per heavy atom. The van der Waals surface area contributed by atoms with Gasteiger partial charge in [-0.05, 0) is 17.5 Å². The van der Waals surface area contributed by atoms with Gasteiger partial charge >= 0.3 is 0 Å². The van der Waals surface area contributed by atoms with Gasteiger partial charge in [0.1, 0.15) is 12.1 Å². The Kier molecular flexibility index (Phi) is 3.44. The summed E-state index contributed by atoms with van der Waals surface area (Å²) in [4.78, 5) is 4.50. The third-order valence-corrected chi connectivity index (χ3v) is 3.64.